The first-order valence-corrected chi connectivity index (χ1v) is 6.42. The maximum absolute atomic E-state index is 11.7. The van der Waals surface area contributed by atoms with E-state index in [9.17, 15) is 9.59 Å². The highest BCUT2D eigenvalue weighted by molar-refractivity contribution is 6.33. The first-order chi connectivity index (χ1) is 9.29. The number of amides is 2. The summed E-state index contributed by atoms with van der Waals surface area (Å²) in [4.78, 5) is 24.5. The van der Waals surface area contributed by atoms with E-state index in [1.54, 1.807) is 0 Å². The van der Waals surface area contributed by atoms with Crippen molar-refractivity contribution in [2.45, 2.75) is 13.0 Å². The molecule has 6 nitrogen and oxygen atoms in total. The summed E-state index contributed by atoms with van der Waals surface area (Å²) in [5.74, 6) is -1.11. The zero-order valence-electron chi connectivity index (χ0n) is 11.6. The Morgan fingerprint density at radius 2 is 2.05 bits per heavy atom. The Labute approximate surface area is 122 Å². The molecule has 1 unspecified atom stereocenters. The summed E-state index contributed by atoms with van der Waals surface area (Å²) in [6, 6.07) is 3.87. The Balaban J connectivity index is 2.63. The molecule has 0 fully saturated rings. The van der Waals surface area contributed by atoms with Crippen molar-refractivity contribution in [2.24, 2.45) is 0 Å². The fourth-order valence-corrected chi connectivity index (χ4v) is 2.01. The van der Waals surface area contributed by atoms with Crippen LogP contribution in [0.25, 0.3) is 0 Å². The average molecular weight is 300 g/mol. The minimum absolute atomic E-state index is 0.00130. The zero-order valence-corrected chi connectivity index (χ0v) is 12.4. The van der Waals surface area contributed by atoms with Crippen LogP contribution in [0.2, 0.25) is 5.02 Å². The van der Waals surface area contributed by atoms with Crippen LogP contribution in [-0.4, -0.2) is 48.7 Å². The van der Waals surface area contributed by atoms with Gasteiger partial charge in [0.15, 0.2) is 0 Å². The molecule has 0 bridgehead atoms. The molecule has 0 aliphatic heterocycles. The maximum atomic E-state index is 11.7. The van der Waals surface area contributed by atoms with E-state index in [4.69, 9.17) is 16.7 Å². The van der Waals surface area contributed by atoms with Crippen molar-refractivity contribution >= 4 is 29.3 Å². The lowest BCUT2D eigenvalue weighted by molar-refractivity contribution is 0.0697. The lowest BCUT2D eigenvalue weighted by Crippen LogP contribution is -2.41. The quantitative estimate of drug-likeness (QED) is 0.778. The fraction of sp³-hybridized carbons (Fsp3) is 0.385. The van der Waals surface area contributed by atoms with Gasteiger partial charge in [0, 0.05) is 18.3 Å². The summed E-state index contributed by atoms with van der Waals surface area (Å²) in [6.07, 6.45) is 0. The van der Waals surface area contributed by atoms with Crippen molar-refractivity contribution in [3.63, 3.8) is 0 Å². The molecule has 0 aliphatic rings. The summed E-state index contributed by atoms with van der Waals surface area (Å²) in [5.41, 5.74) is 0.438. The van der Waals surface area contributed by atoms with Gasteiger partial charge in [0.2, 0.25) is 0 Å². The van der Waals surface area contributed by atoms with E-state index in [-0.39, 0.29) is 22.7 Å². The molecule has 110 valence electrons. The van der Waals surface area contributed by atoms with E-state index >= 15 is 0 Å². The van der Waals surface area contributed by atoms with Gasteiger partial charge in [0.1, 0.15) is 0 Å². The molecule has 0 spiro atoms. The normalized spacial score (nSPS) is 12.1. The van der Waals surface area contributed by atoms with Crippen LogP contribution in [0.15, 0.2) is 18.2 Å². The lowest BCUT2D eigenvalue weighted by atomic mass is 10.2. The number of nitrogens with one attached hydrogen (secondary N) is 2. The fourth-order valence-electron chi connectivity index (χ4n) is 1.75. The van der Waals surface area contributed by atoms with Crippen LogP contribution in [0.1, 0.15) is 17.3 Å². The molecule has 1 rings (SSSR count). The van der Waals surface area contributed by atoms with Crippen molar-refractivity contribution < 1.29 is 14.7 Å². The van der Waals surface area contributed by atoms with Gasteiger partial charge in [-0.25, -0.2) is 9.59 Å². The number of carbonyl (C=O) groups excluding carboxylic acids is 1. The molecule has 0 aliphatic carbocycles. The Morgan fingerprint density at radius 3 is 2.55 bits per heavy atom. The molecule has 0 aromatic heterocycles. The molecular weight excluding hydrogens is 282 g/mol. The van der Waals surface area contributed by atoms with E-state index in [0.29, 0.717) is 12.2 Å². The first kappa shape index (κ1) is 16.3. The molecule has 2 amide bonds. The van der Waals surface area contributed by atoms with Crippen LogP contribution < -0.4 is 10.6 Å². The number of aromatic carboxylic acids is 1. The number of hydrogen-bond acceptors (Lipinski definition) is 3. The SMILES string of the molecule is CC(CN(C)C)NC(=O)Nc1ccc(C(=O)O)c(Cl)c1. The third kappa shape index (κ3) is 5.07. The van der Waals surface area contributed by atoms with E-state index in [0.717, 1.165) is 0 Å². The Morgan fingerprint density at radius 1 is 1.40 bits per heavy atom. The van der Waals surface area contributed by atoms with E-state index < -0.39 is 5.97 Å². The Bertz CT molecular complexity index is 506. The monoisotopic (exact) mass is 299 g/mol. The number of nitrogens with zero attached hydrogens (tertiary/aromatic N) is 1. The minimum atomic E-state index is -1.11. The van der Waals surface area contributed by atoms with E-state index in [2.05, 4.69) is 10.6 Å². The van der Waals surface area contributed by atoms with Gasteiger partial charge in [0.25, 0.3) is 0 Å². The number of benzene rings is 1. The van der Waals surface area contributed by atoms with Crippen LogP contribution in [0, 0.1) is 0 Å². The van der Waals surface area contributed by atoms with Crippen molar-refractivity contribution in [1.29, 1.82) is 0 Å². The highest BCUT2D eigenvalue weighted by Gasteiger charge is 2.11. The number of rotatable bonds is 5. The molecular formula is C13H18ClN3O3. The van der Waals surface area contributed by atoms with E-state index in [1.165, 1.54) is 18.2 Å². The smallest absolute Gasteiger partial charge is 0.337 e. The van der Waals surface area contributed by atoms with Gasteiger partial charge in [-0.1, -0.05) is 11.6 Å². The third-order valence-corrected chi connectivity index (χ3v) is 2.79. The number of carboxylic acids is 1. The predicted octanol–water partition coefficient (Wildman–Crippen LogP) is 2.11. The van der Waals surface area contributed by atoms with Crippen molar-refractivity contribution in [1.82, 2.24) is 10.2 Å². The summed E-state index contributed by atoms with van der Waals surface area (Å²) in [6.45, 7) is 2.60. The van der Waals surface area contributed by atoms with Gasteiger partial charge in [-0.15, -0.1) is 0 Å². The third-order valence-electron chi connectivity index (χ3n) is 2.47. The number of likely N-dealkylation sites (N-methyl/N-ethyl adjacent to an activating group) is 1. The Hall–Kier alpha value is -1.79. The number of halogens is 1. The predicted molar refractivity (Wildman–Crippen MR) is 78.6 cm³/mol. The summed E-state index contributed by atoms with van der Waals surface area (Å²) in [7, 11) is 3.83. The number of urea groups is 1. The molecule has 0 saturated carbocycles. The summed E-state index contributed by atoms with van der Waals surface area (Å²) in [5, 5.41) is 14.3. The van der Waals surface area contributed by atoms with Crippen LogP contribution in [-0.2, 0) is 0 Å². The number of carboxylic acid groups (broad SMARTS) is 1. The van der Waals surface area contributed by atoms with Crippen LogP contribution in [0.5, 0.6) is 0 Å². The summed E-state index contributed by atoms with van der Waals surface area (Å²) >= 11 is 5.82. The number of anilines is 1. The van der Waals surface area contributed by atoms with Crippen LogP contribution >= 0.6 is 11.6 Å². The molecule has 0 radical (unpaired) electrons. The van der Waals surface area contributed by atoms with Gasteiger partial charge < -0.3 is 20.6 Å². The van der Waals surface area contributed by atoms with Gasteiger partial charge in [-0.2, -0.15) is 0 Å². The minimum Gasteiger partial charge on any atom is -0.478 e. The highest BCUT2D eigenvalue weighted by atomic mass is 35.5. The molecule has 0 saturated heterocycles. The van der Waals surface area contributed by atoms with Crippen LogP contribution in [0.3, 0.4) is 0 Å². The molecule has 3 N–H and O–H groups in total. The zero-order chi connectivity index (χ0) is 15.3. The topological polar surface area (TPSA) is 81.7 Å². The first-order valence-electron chi connectivity index (χ1n) is 6.04. The second kappa shape index (κ2) is 7.12. The van der Waals surface area contributed by atoms with Crippen molar-refractivity contribution in [3.8, 4) is 0 Å². The number of carbonyl (C=O) groups is 2. The second-order valence-corrected chi connectivity index (χ2v) is 5.17. The second-order valence-electron chi connectivity index (χ2n) is 4.76. The molecule has 20 heavy (non-hydrogen) atoms. The average Bonchev–Trinajstić information content (AvgIpc) is 2.26. The van der Waals surface area contributed by atoms with Crippen LogP contribution in [0.4, 0.5) is 10.5 Å². The van der Waals surface area contributed by atoms with Gasteiger partial charge in [0.05, 0.1) is 10.6 Å². The molecule has 7 heteroatoms. The Kier molecular flexibility index (Phi) is 5.79. The largest absolute Gasteiger partial charge is 0.478 e. The molecule has 1 aromatic rings. The van der Waals surface area contributed by atoms with E-state index in [1.807, 2.05) is 25.9 Å². The number of hydrogen-bond donors (Lipinski definition) is 3. The van der Waals surface area contributed by atoms with Gasteiger partial charge in [-0.05, 0) is 39.2 Å². The van der Waals surface area contributed by atoms with Crippen molar-refractivity contribution in [2.75, 3.05) is 26.0 Å². The van der Waals surface area contributed by atoms with Crippen molar-refractivity contribution in [3.05, 3.63) is 28.8 Å². The van der Waals surface area contributed by atoms with Gasteiger partial charge >= 0.3 is 12.0 Å². The van der Waals surface area contributed by atoms with Gasteiger partial charge in [-0.3, -0.25) is 0 Å². The molecule has 1 aromatic carbocycles. The molecule has 0 heterocycles. The molecule has 1 atom stereocenters. The maximum Gasteiger partial charge on any atom is 0.337 e. The standard InChI is InChI=1S/C13H18ClN3O3/c1-8(7-17(2)3)15-13(20)16-9-4-5-10(12(18)19)11(14)6-9/h4-6,8H,7H2,1-3H3,(H,18,19)(H2,15,16,20). The summed E-state index contributed by atoms with van der Waals surface area (Å²) < 4.78 is 0. The highest BCUT2D eigenvalue weighted by Crippen LogP contribution is 2.20. The lowest BCUT2D eigenvalue weighted by Gasteiger charge is -2.18.